The van der Waals surface area contributed by atoms with Gasteiger partial charge in [0.05, 0.1) is 139 Å². The lowest BCUT2D eigenvalue weighted by atomic mass is 10.3. The third-order valence-corrected chi connectivity index (χ3v) is 12.9. The van der Waals surface area contributed by atoms with Gasteiger partial charge in [-0.1, -0.05) is 72.8 Å². The van der Waals surface area contributed by atoms with Crippen molar-refractivity contribution in [1.82, 2.24) is 0 Å². The van der Waals surface area contributed by atoms with Crippen LogP contribution in [0.1, 0.15) is 0 Å². The molecule has 12 N–H and O–H groups in total. The Morgan fingerprint density at radius 2 is 0.533 bits per heavy atom. The van der Waals surface area contributed by atoms with Gasteiger partial charge in [-0.05, 0) is 36.0 Å². The molecule has 11 unspecified atom stereocenters. The summed E-state index contributed by atoms with van der Waals surface area (Å²) < 4.78 is 64.9. The molecule has 3 aromatic rings. The molecule has 23 nitrogen and oxygen atoms in total. The van der Waals surface area contributed by atoms with Gasteiger partial charge in [-0.25, -0.2) is 0 Å². The smallest absolute Gasteiger partial charge is 0.119 e. The Balaban J connectivity index is 1.88. The zero-order valence-electron chi connectivity index (χ0n) is 42.3. The van der Waals surface area contributed by atoms with E-state index >= 15 is 0 Å². The SMILES string of the molecule is OCC(O)COCC(COCC(COc1ccc(P(c2ccccc2)c2ccccc2)cc1)OCC(COCC(COCC(O)CO)OCC(O)CO)OCC(COCC(O)CO)OCC(O)CO)OCC(O)CO. The summed E-state index contributed by atoms with van der Waals surface area (Å²) in [6, 6.07) is 28.2. The van der Waals surface area contributed by atoms with E-state index in [1.165, 1.54) is 10.6 Å². The summed E-state index contributed by atoms with van der Waals surface area (Å²) in [5.74, 6) is 0.525. The molecule has 0 saturated heterocycles. The Morgan fingerprint density at radius 3 is 0.853 bits per heavy atom. The molecule has 0 aliphatic rings. The number of aliphatic hydroxyl groups excluding tert-OH is 12. The van der Waals surface area contributed by atoms with Crippen LogP contribution in [0.5, 0.6) is 5.75 Å². The van der Waals surface area contributed by atoms with Crippen LogP contribution in [0.15, 0.2) is 84.9 Å². The van der Waals surface area contributed by atoms with Crippen molar-refractivity contribution in [1.29, 1.82) is 0 Å². The molecule has 0 saturated carbocycles. The molecule has 0 amide bonds. The lowest BCUT2D eigenvalue weighted by Gasteiger charge is -2.27. The van der Waals surface area contributed by atoms with Crippen molar-refractivity contribution in [2.45, 2.75) is 67.1 Å². The van der Waals surface area contributed by atoms with Crippen molar-refractivity contribution < 1.29 is 113 Å². The Kier molecular flexibility index (Phi) is 36.3. The van der Waals surface area contributed by atoms with Crippen LogP contribution in [0.3, 0.4) is 0 Å². The van der Waals surface area contributed by atoms with E-state index in [0.717, 1.165) is 5.30 Å². The molecule has 0 aromatic heterocycles. The highest BCUT2D eigenvalue weighted by molar-refractivity contribution is 7.79. The Labute approximate surface area is 439 Å². The first kappa shape index (κ1) is 66.3. The van der Waals surface area contributed by atoms with Gasteiger partial charge in [-0.15, -0.1) is 0 Å². The molecule has 3 aromatic carbocycles. The van der Waals surface area contributed by atoms with Gasteiger partial charge in [0.2, 0.25) is 0 Å². The van der Waals surface area contributed by atoms with Gasteiger partial charge in [0.25, 0.3) is 0 Å². The van der Waals surface area contributed by atoms with Crippen molar-refractivity contribution in [3.8, 4) is 5.75 Å². The van der Waals surface area contributed by atoms with Crippen LogP contribution in [-0.4, -0.2) is 274 Å². The molecule has 3 rings (SSSR count). The van der Waals surface area contributed by atoms with Crippen LogP contribution in [0, 0.1) is 0 Å². The fourth-order valence-corrected chi connectivity index (χ4v) is 8.70. The fourth-order valence-electron chi connectivity index (χ4n) is 6.42. The Bertz CT molecular complexity index is 1740. The van der Waals surface area contributed by atoms with Gasteiger partial charge >= 0.3 is 0 Å². The van der Waals surface area contributed by atoms with Crippen LogP contribution in [0.4, 0.5) is 0 Å². The highest BCUT2D eigenvalue weighted by atomic mass is 31.1. The standard InChI is InChI=1S/C51H81O23P/c52-15-37(58)21-64-27-44(69-24-40(61)18-55)29-67-32-47(34-72-43-11-13-51(14-12-43)75(49-7-3-1-4-8-49)50-9-5-2-6-10-50)74-36-48(73-35-46(71-26-42(63)20-57)31-66-23-39(60)17-54)33-68-30-45(70-25-41(62)19-56)28-65-22-38(59)16-53/h1-14,37-42,44-48,52-63H,15-36H2. The number of benzene rings is 3. The van der Waals surface area contributed by atoms with Crippen LogP contribution in [-0.2, 0) is 47.4 Å². The van der Waals surface area contributed by atoms with E-state index in [-0.39, 0.29) is 106 Å². The van der Waals surface area contributed by atoms with Crippen LogP contribution in [0.25, 0.3) is 0 Å². The van der Waals surface area contributed by atoms with Crippen molar-refractivity contribution in [2.75, 3.05) is 145 Å². The minimum absolute atomic E-state index is 0.0566. The third kappa shape index (κ3) is 29.5. The molecule has 0 radical (unpaired) electrons. The molecule has 0 spiro atoms. The van der Waals surface area contributed by atoms with E-state index in [9.17, 15) is 61.3 Å². The Morgan fingerprint density at radius 1 is 0.280 bits per heavy atom. The van der Waals surface area contributed by atoms with E-state index in [1.807, 2.05) is 60.7 Å². The molecule has 0 aliphatic carbocycles. The maximum absolute atomic E-state index is 10.0. The fraction of sp³-hybridized carbons (Fsp3) is 0.647. The predicted octanol–water partition coefficient (Wildman–Crippen LogP) is -4.05. The minimum atomic E-state index is -1.23. The number of hydrogen-bond donors (Lipinski definition) is 12. The van der Waals surface area contributed by atoms with Crippen LogP contribution < -0.4 is 20.7 Å². The summed E-state index contributed by atoms with van der Waals surface area (Å²) in [5.41, 5.74) is 0. The zero-order valence-corrected chi connectivity index (χ0v) is 43.2. The molecule has 0 aliphatic heterocycles. The van der Waals surface area contributed by atoms with Crippen molar-refractivity contribution in [3.63, 3.8) is 0 Å². The highest BCUT2D eigenvalue weighted by Gasteiger charge is 2.24. The average molecular weight is 1090 g/mol. The number of rotatable bonds is 47. The number of hydrogen-bond acceptors (Lipinski definition) is 23. The van der Waals surface area contributed by atoms with E-state index in [4.69, 9.17) is 52.1 Å². The molecular weight excluding hydrogens is 1010 g/mol. The molecule has 0 heterocycles. The first-order chi connectivity index (χ1) is 36.4. The van der Waals surface area contributed by atoms with E-state index in [0.29, 0.717) is 5.75 Å². The van der Waals surface area contributed by atoms with E-state index < -0.39 is 115 Å². The third-order valence-electron chi connectivity index (χ3n) is 10.5. The molecule has 24 heteroatoms. The molecule has 428 valence electrons. The normalized spacial score (nSPS) is 16.4. The zero-order chi connectivity index (χ0) is 54.5. The molecule has 0 bridgehead atoms. The van der Waals surface area contributed by atoms with Gasteiger partial charge in [-0.2, -0.15) is 0 Å². The maximum atomic E-state index is 10.0. The second kappa shape index (κ2) is 41.1. The van der Waals surface area contributed by atoms with Gasteiger partial charge < -0.3 is 113 Å². The van der Waals surface area contributed by atoms with E-state index in [2.05, 4.69) is 24.3 Å². The summed E-state index contributed by atoms with van der Waals surface area (Å²) in [6.07, 6.45) is -11.3. The van der Waals surface area contributed by atoms with Crippen LogP contribution in [0.2, 0.25) is 0 Å². The summed E-state index contributed by atoms with van der Waals surface area (Å²) in [6.45, 7) is -6.20. The summed E-state index contributed by atoms with van der Waals surface area (Å²) >= 11 is 0. The summed E-state index contributed by atoms with van der Waals surface area (Å²) in [4.78, 5) is 0. The predicted molar refractivity (Wildman–Crippen MR) is 272 cm³/mol. The monoisotopic (exact) mass is 1090 g/mol. The maximum Gasteiger partial charge on any atom is 0.119 e. The van der Waals surface area contributed by atoms with Gasteiger partial charge in [0, 0.05) is 0 Å². The van der Waals surface area contributed by atoms with E-state index in [1.54, 1.807) is 0 Å². The van der Waals surface area contributed by atoms with Crippen molar-refractivity contribution in [3.05, 3.63) is 84.9 Å². The molecular formula is C51H81O23P. The van der Waals surface area contributed by atoms with Gasteiger partial charge in [0.15, 0.2) is 0 Å². The largest absolute Gasteiger partial charge is 0.491 e. The quantitative estimate of drug-likeness (QED) is 0.0240. The van der Waals surface area contributed by atoms with Crippen LogP contribution >= 0.6 is 7.92 Å². The second-order valence-electron chi connectivity index (χ2n) is 17.3. The highest BCUT2D eigenvalue weighted by Crippen LogP contribution is 2.33. The first-order valence-corrected chi connectivity index (χ1v) is 26.1. The van der Waals surface area contributed by atoms with Gasteiger partial charge in [0.1, 0.15) is 79.5 Å². The number of aliphatic hydroxyl groups is 12. The lowest BCUT2D eigenvalue weighted by molar-refractivity contribution is -0.148. The summed E-state index contributed by atoms with van der Waals surface area (Å²) in [7, 11) is -0.892. The first-order valence-electron chi connectivity index (χ1n) is 24.7. The topological polar surface area (TPSA) is 344 Å². The Hall–Kier alpha value is -2.99. The lowest BCUT2D eigenvalue weighted by Crippen LogP contribution is -2.39. The van der Waals surface area contributed by atoms with Crippen molar-refractivity contribution in [2.24, 2.45) is 0 Å². The molecule has 75 heavy (non-hydrogen) atoms. The van der Waals surface area contributed by atoms with Gasteiger partial charge in [-0.3, -0.25) is 0 Å². The molecule has 0 fully saturated rings. The second-order valence-corrected chi connectivity index (χ2v) is 19.5. The molecule has 11 atom stereocenters. The summed E-state index contributed by atoms with van der Waals surface area (Å²) in [5, 5.41) is 119. The number of ether oxygens (including phenoxy) is 11. The minimum Gasteiger partial charge on any atom is -0.491 e. The van der Waals surface area contributed by atoms with Crippen molar-refractivity contribution >= 4 is 23.8 Å². The average Bonchev–Trinajstić information content (AvgIpc) is 3.44.